The van der Waals surface area contributed by atoms with Crippen LogP contribution in [0.3, 0.4) is 0 Å². The summed E-state index contributed by atoms with van der Waals surface area (Å²) >= 11 is 0. The van der Waals surface area contributed by atoms with Crippen LogP contribution in [0.1, 0.15) is 45.2 Å². The molecule has 0 fully saturated rings. The number of fused-ring (bicyclic) bond motifs is 1. The predicted molar refractivity (Wildman–Crippen MR) is 88.3 cm³/mol. The van der Waals surface area contributed by atoms with Crippen molar-refractivity contribution in [3.8, 4) is 6.07 Å². The minimum absolute atomic E-state index is 0.494. The maximum atomic E-state index is 9.54. The maximum Gasteiger partial charge on any atom is 0.141 e. The smallest absolute Gasteiger partial charge is 0.141 e. The number of rotatable bonds is 5. The van der Waals surface area contributed by atoms with Gasteiger partial charge in [-0.15, -0.1) is 0 Å². The van der Waals surface area contributed by atoms with Crippen molar-refractivity contribution in [2.24, 2.45) is 16.8 Å². The lowest BCUT2D eigenvalue weighted by molar-refractivity contribution is 0.647. The van der Waals surface area contributed by atoms with E-state index < -0.39 is 0 Å². The Hall–Kier alpha value is -2.08. The minimum Gasteiger partial charge on any atom is -0.300 e. The average Bonchev–Trinajstić information content (AvgIpc) is 2.71. The van der Waals surface area contributed by atoms with Gasteiger partial charge in [0.2, 0.25) is 0 Å². The Morgan fingerprint density at radius 3 is 2.62 bits per heavy atom. The second kappa shape index (κ2) is 6.58. The SMILES string of the molecule is CC(C)C/C=N/c1c(CC(C)C)c(C#N)c2ccccn12. The Balaban J connectivity index is 2.59. The van der Waals surface area contributed by atoms with Crippen LogP contribution in [-0.2, 0) is 6.42 Å². The third-order valence-electron chi connectivity index (χ3n) is 3.43. The van der Waals surface area contributed by atoms with Crippen molar-refractivity contribution in [1.29, 1.82) is 5.26 Å². The molecular weight excluding hydrogens is 258 g/mol. The first kappa shape index (κ1) is 15.3. The van der Waals surface area contributed by atoms with Gasteiger partial charge in [-0.25, -0.2) is 4.99 Å². The molecule has 0 saturated heterocycles. The molecule has 2 aromatic rings. The van der Waals surface area contributed by atoms with Crippen molar-refractivity contribution >= 4 is 17.5 Å². The van der Waals surface area contributed by atoms with Crippen LogP contribution < -0.4 is 0 Å². The van der Waals surface area contributed by atoms with Crippen LogP contribution in [0.4, 0.5) is 5.82 Å². The Kier molecular flexibility index (Phi) is 4.80. The van der Waals surface area contributed by atoms with E-state index >= 15 is 0 Å². The van der Waals surface area contributed by atoms with Gasteiger partial charge in [-0.3, -0.25) is 0 Å². The van der Waals surface area contributed by atoms with Crippen molar-refractivity contribution in [2.75, 3.05) is 0 Å². The topological polar surface area (TPSA) is 40.6 Å². The first-order valence-electron chi connectivity index (χ1n) is 7.59. The fourth-order valence-electron chi connectivity index (χ4n) is 2.46. The molecular formula is C18H23N3. The van der Waals surface area contributed by atoms with Crippen LogP contribution >= 0.6 is 0 Å². The molecule has 0 aliphatic carbocycles. The third kappa shape index (κ3) is 3.33. The highest BCUT2D eigenvalue weighted by Gasteiger charge is 2.18. The van der Waals surface area contributed by atoms with E-state index in [0.717, 1.165) is 35.3 Å². The highest BCUT2D eigenvalue weighted by Crippen LogP contribution is 2.31. The highest BCUT2D eigenvalue weighted by atomic mass is 15.0. The zero-order chi connectivity index (χ0) is 15.4. The number of nitrogens with zero attached hydrogens (tertiary/aromatic N) is 3. The Morgan fingerprint density at radius 1 is 1.24 bits per heavy atom. The molecule has 110 valence electrons. The number of hydrogen-bond donors (Lipinski definition) is 0. The van der Waals surface area contributed by atoms with Crippen LogP contribution in [0.25, 0.3) is 5.52 Å². The Bertz CT molecular complexity index is 684. The number of nitriles is 1. The largest absolute Gasteiger partial charge is 0.300 e. The van der Waals surface area contributed by atoms with Gasteiger partial charge in [0.25, 0.3) is 0 Å². The van der Waals surface area contributed by atoms with E-state index in [9.17, 15) is 5.26 Å². The molecule has 0 spiro atoms. The van der Waals surface area contributed by atoms with Crippen molar-refractivity contribution in [2.45, 2.75) is 40.5 Å². The summed E-state index contributed by atoms with van der Waals surface area (Å²) in [4.78, 5) is 4.68. The number of hydrogen-bond acceptors (Lipinski definition) is 2. The monoisotopic (exact) mass is 281 g/mol. The fourth-order valence-corrected chi connectivity index (χ4v) is 2.46. The van der Waals surface area contributed by atoms with E-state index in [1.165, 1.54) is 0 Å². The average molecular weight is 281 g/mol. The number of pyridine rings is 1. The maximum absolute atomic E-state index is 9.54. The summed E-state index contributed by atoms with van der Waals surface area (Å²) in [5.41, 5.74) is 2.78. The van der Waals surface area contributed by atoms with Gasteiger partial charge in [-0.1, -0.05) is 33.8 Å². The van der Waals surface area contributed by atoms with E-state index in [-0.39, 0.29) is 0 Å². The van der Waals surface area contributed by atoms with Crippen molar-refractivity contribution in [3.63, 3.8) is 0 Å². The summed E-state index contributed by atoms with van der Waals surface area (Å²) in [5, 5.41) is 9.54. The highest BCUT2D eigenvalue weighted by molar-refractivity contribution is 5.75. The van der Waals surface area contributed by atoms with Gasteiger partial charge in [-0.05, 0) is 36.8 Å². The van der Waals surface area contributed by atoms with Gasteiger partial charge in [0, 0.05) is 18.0 Å². The molecule has 0 atom stereocenters. The first-order valence-corrected chi connectivity index (χ1v) is 7.59. The fraction of sp³-hybridized carbons (Fsp3) is 0.444. The number of aliphatic imine (C=N–C) groups is 1. The summed E-state index contributed by atoms with van der Waals surface area (Å²) in [6, 6.07) is 8.31. The lowest BCUT2D eigenvalue weighted by atomic mass is 10.0. The molecule has 2 aromatic heterocycles. The molecule has 0 aliphatic heterocycles. The molecule has 21 heavy (non-hydrogen) atoms. The standard InChI is InChI=1S/C18H23N3/c1-13(2)8-9-20-18-15(11-14(3)4)16(12-19)17-7-5-6-10-21(17)18/h5-7,9-10,13-14H,8,11H2,1-4H3/b20-9+. The van der Waals surface area contributed by atoms with Crippen molar-refractivity contribution in [3.05, 3.63) is 35.5 Å². The lowest BCUT2D eigenvalue weighted by Crippen LogP contribution is -1.95. The minimum atomic E-state index is 0.494. The molecule has 2 rings (SSSR count). The molecule has 0 amide bonds. The molecule has 3 heteroatoms. The molecule has 0 aliphatic rings. The molecule has 0 unspecified atom stereocenters. The molecule has 0 radical (unpaired) electrons. The number of aromatic nitrogens is 1. The van der Waals surface area contributed by atoms with E-state index in [4.69, 9.17) is 0 Å². The summed E-state index contributed by atoms with van der Waals surface area (Å²) < 4.78 is 2.03. The molecule has 0 aromatic carbocycles. The summed E-state index contributed by atoms with van der Waals surface area (Å²) in [5.74, 6) is 1.99. The zero-order valence-electron chi connectivity index (χ0n) is 13.3. The van der Waals surface area contributed by atoms with Crippen molar-refractivity contribution < 1.29 is 0 Å². The van der Waals surface area contributed by atoms with E-state index in [0.29, 0.717) is 11.8 Å². The van der Waals surface area contributed by atoms with Gasteiger partial charge in [0.05, 0.1) is 11.1 Å². The van der Waals surface area contributed by atoms with Crippen LogP contribution in [-0.4, -0.2) is 10.6 Å². The second-order valence-electron chi connectivity index (χ2n) is 6.28. The summed E-state index contributed by atoms with van der Waals surface area (Å²) in [7, 11) is 0. The molecule has 3 nitrogen and oxygen atoms in total. The van der Waals surface area contributed by atoms with Crippen LogP contribution in [0.15, 0.2) is 29.4 Å². The van der Waals surface area contributed by atoms with Crippen LogP contribution in [0.5, 0.6) is 0 Å². The van der Waals surface area contributed by atoms with E-state index in [1.807, 2.05) is 35.0 Å². The molecule has 0 saturated carbocycles. The predicted octanol–water partition coefficient (Wildman–Crippen LogP) is 4.76. The first-order chi connectivity index (χ1) is 10.0. The summed E-state index contributed by atoms with van der Waals surface area (Å²) in [6.45, 7) is 8.70. The van der Waals surface area contributed by atoms with Gasteiger partial charge in [0.15, 0.2) is 0 Å². The van der Waals surface area contributed by atoms with Gasteiger partial charge < -0.3 is 4.40 Å². The zero-order valence-corrected chi connectivity index (χ0v) is 13.3. The van der Waals surface area contributed by atoms with Crippen LogP contribution in [0, 0.1) is 23.2 Å². The van der Waals surface area contributed by atoms with Crippen molar-refractivity contribution in [1.82, 2.24) is 4.40 Å². The quantitative estimate of drug-likeness (QED) is 0.728. The molecule has 0 bridgehead atoms. The Labute approximate surface area is 126 Å². The van der Waals surface area contributed by atoms with E-state index in [1.54, 1.807) is 0 Å². The van der Waals surface area contributed by atoms with Gasteiger partial charge in [0.1, 0.15) is 11.9 Å². The van der Waals surface area contributed by atoms with E-state index in [2.05, 4.69) is 38.8 Å². The van der Waals surface area contributed by atoms with Gasteiger partial charge in [-0.2, -0.15) is 5.26 Å². The van der Waals surface area contributed by atoms with Gasteiger partial charge >= 0.3 is 0 Å². The second-order valence-corrected chi connectivity index (χ2v) is 6.28. The lowest BCUT2D eigenvalue weighted by Gasteiger charge is -2.05. The Morgan fingerprint density at radius 2 is 2.00 bits per heavy atom. The molecule has 0 N–H and O–H groups in total. The normalized spacial score (nSPS) is 11.9. The summed E-state index contributed by atoms with van der Waals surface area (Å²) in [6.07, 6.45) is 5.79. The molecule has 2 heterocycles. The van der Waals surface area contributed by atoms with Crippen LogP contribution in [0.2, 0.25) is 0 Å². The third-order valence-corrected chi connectivity index (χ3v) is 3.43.